The van der Waals surface area contributed by atoms with Gasteiger partial charge in [-0.15, -0.1) is 0 Å². The molecule has 0 unspecified atom stereocenters. The lowest BCUT2D eigenvalue weighted by atomic mass is 10.2. The summed E-state index contributed by atoms with van der Waals surface area (Å²) in [5.41, 5.74) is -1.19. The monoisotopic (exact) mass is 754 g/mol. The molecule has 0 saturated heterocycles. The number of amides is 3. The van der Waals surface area contributed by atoms with E-state index in [-0.39, 0.29) is 84.7 Å². The fourth-order valence-electron chi connectivity index (χ4n) is 2.98. The molecule has 0 aromatic heterocycles. The van der Waals surface area contributed by atoms with Crippen molar-refractivity contribution in [2.24, 2.45) is 0 Å². The third-order valence-electron chi connectivity index (χ3n) is 4.77. The number of carbonyl (C=O) groups is 8. The van der Waals surface area contributed by atoms with Crippen LogP contribution in [0.25, 0.3) is 0 Å². The minimum Gasteiger partial charge on any atom is -0.481 e. The van der Waals surface area contributed by atoms with Crippen molar-refractivity contribution in [1.82, 2.24) is 20.9 Å². The smallest absolute Gasteiger partial charge is 0.407 e. The van der Waals surface area contributed by atoms with Crippen LogP contribution in [-0.2, 0) is 57.2 Å². The van der Waals surface area contributed by atoms with Crippen LogP contribution in [-0.4, -0.2) is 135 Å². The van der Waals surface area contributed by atoms with E-state index in [1.54, 1.807) is 69.2 Å². The molecule has 0 aliphatic carbocycles. The Balaban J connectivity index is -0.000000361. The Labute approximate surface area is 307 Å². The van der Waals surface area contributed by atoms with E-state index in [9.17, 15) is 38.4 Å². The van der Waals surface area contributed by atoms with Crippen LogP contribution < -0.4 is 16.0 Å². The van der Waals surface area contributed by atoms with Crippen LogP contribution in [0.1, 0.15) is 89.5 Å². The first-order valence-corrected chi connectivity index (χ1v) is 16.4. The van der Waals surface area contributed by atoms with Gasteiger partial charge in [0.15, 0.2) is 0 Å². The van der Waals surface area contributed by atoms with Crippen molar-refractivity contribution in [3.05, 3.63) is 0 Å². The van der Waals surface area contributed by atoms with Crippen molar-refractivity contribution in [1.29, 1.82) is 0 Å². The first-order valence-electron chi connectivity index (χ1n) is 16.4. The van der Waals surface area contributed by atoms with Gasteiger partial charge in [0.05, 0.1) is 45.9 Å². The van der Waals surface area contributed by atoms with Crippen LogP contribution in [0.15, 0.2) is 0 Å². The summed E-state index contributed by atoms with van der Waals surface area (Å²) in [6, 6.07) is 0. The van der Waals surface area contributed by atoms with Crippen molar-refractivity contribution < 1.29 is 71.9 Å². The van der Waals surface area contributed by atoms with Gasteiger partial charge in [-0.3, -0.25) is 34.1 Å². The number of hydrogen-bond donors (Lipinski definition) is 4. The molecule has 0 heterocycles. The van der Waals surface area contributed by atoms with E-state index in [1.165, 1.54) is 0 Å². The highest BCUT2D eigenvalue weighted by Crippen LogP contribution is 2.07. The summed E-state index contributed by atoms with van der Waals surface area (Å²) in [7, 11) is 0. The topological polar surface area (TPSA) is 251 Å². The molecular formula is C33H62N4O15. The molecule has 0 spiro atoms. The Morgan fingerprint density at radius 1 is 0.558 bits per heavy atom. The van der Waals surface area contributed by atoms with Crippen LogP contribution in [0.4, 0.5) is 9.59 Å². The standard InChI is InChI=1S/C16H28N2O7.2C8H15NO4.CH4/c1-6-23-13(20)10-18(11-14(21)24-7-2)12(19)8-9-17-15(22)25-16(3,4)5;1-8(2,3)13-7(12)9-5-4-6(10)11;1-3-12-7(10)5-9-6-8(11)13-4-2;/h6-11H2,1-5H3,(H,17,22);4-5H2,1-3H3,(H,9,12)(H,10,11);9H,3-6H2,1-2H3;1H4. The number of esters is 4. The van der Waals surface area contributed by atoms with Gasteiger partial charge in [-0.2, -0.15) is 0 Å². The number of carboxylic acids is 1. The predicted molar refractivity (Wildman–Crippen MR) is 188 cm³/mol. The molecule has 0 aromatic rings. The summed E-state index contributed by atoms with van der Waals surface area (Å²) in [5, 5.41) is 15.6. The molecule has 0 rings (SSSR count). The molecule has 304 valence electrons. The minimum absolute atomic E-state index is 0. The van der Waals surface area contributed by atoms with E-state index in [2.05, 4.69) is 25.4 Å². The zero-order valence-electron chi connectivity index (χ0n) is 31.6. The van der Waals surface area contributed by atoms with Gasteiger partial charge in [-0.25, -0.2) is 9.59 Å². The number of carboxylic acid groups (broad SMARTS) is 1. The molecule has 0 fully saturated rings. The Morgan fingerprint density at radius 2 is 0.885 bits per heavy atom. The highest BCUT2D eigenvalue weighted by Gasteiger charge is 2.22. The van der Waals surface area contributed by atoms with Crippen molar-refractivity contribution in [3.63, 3.8) is 0 Å². The first kappa shape index (κ1) is 54.1. The molecule has 0 aromatic carbocycles. The molecule has 3 amide bonds. The van der Waals surface area contributed by atoms with Crippen molar-refractivity contribution >= 4 is 47.9 Å². The number of nitrogens with one attached hydrogen (secondary N) is 3. The average Bonchev–Trinajstić information content (AvgIpc) is 2.96. The lowest BCUT2D eigenvalue weighted by Crippen LogP contribution is -2.42. The van der Waals surface area contributed by atoms with Gasteiger partial charge in [-0.1, -0.05) is 7.43 Å². The van der Waals surface area contributed by atoms with E-state index in [4.69, 9.17) is 24.1 Å². The second-order valence-electron chi connectivity index (χ2n) is 11.8. The quantitative estimate of drug-likeness (QED) is 0.116. The number of alkyl carbamates (subject to hydrolysis) is 2. The average molecular weight is 755 g/mol. The van der Waals surface area contributed by atoms with Gasteiger partial charge < -0.3 is 49.1 Å². The number of nitrogens with zero attached hydrogens (tertiary/aromatic N) is 1. The molecule has 0 atom stereocenters. The maximum atomic E-state index is 12.2. The van der Waals surface area contributed by atoms with E-state index >= 15 is 0 Å². The largest absolute Gasteiger partial charge is 0.481 e. The normalized spacial score (nSPS) is 10.1. The number of aliphatic carboxylic acids is 1. The van der Waals surface area contributed by atoms with E-state index in [0.29, 0.717) is 13.2 Å². The third kappa shape index (κ3) is 39.8. The highest BCUT2D eigenvalue weighted by atomic mass is 16.6. The number of rotatable bonds is 18. The molecule has 0 radical (unpaired) electrons. The summed E-state index contributed by atoms with van der Waals surface area (Å²) in [5.74, 6) is -3.42. The van der Waals surface area contributed by atoms with Crippen molar-refractivity contribution in [2.45, 2.75) is 101 Å². The van der Waals surface area contributed by atoms with Gasteiger partial charge in [0, 0.05) is 19.5 Å². The molecule has 19 heteroatoms. The van der Waals surface area contributed by atoms with E-state index in [0.717, 1.165) is 4.90 Å². The van der Waals surface area contributed by atoms with Gasteiger partial charge in [0.1, 0.15) is 24.3 Å². The summed E-state index contributed by atoms with van der Waals surface area (Å²) < 4.78 is 28.8. The highest BCUT2D eigenvalue weighted by molar-refractivity contribution is 5.86. The zero-order chi connectivity index (χ0) is 40.0. The summed E-state index contributed by atoms with van der Waals surface area (Å²) >= 11 is 0. The maximum Gasteiger partial charge on any atom is 0.407 e. The summed E-state index contributed by atoms with van der Waals surface area (Å²) in [4.78, 5) is 90.4. The van der Waals surface area contributed by atoms with Crippen LogP contribution in [0.2, 0.25) is 0 Å². The molecule has 4 N–H and O–H groups in total. The fraction of sp³-hybridized carbons (Fsp3) is 0.758. The third-order valence-corrected chi connectivity index (χ3v) is 4.77. The zero-order valence-corrected chi connectivity index (χ0v) is 31.6. The fourth-order valence-corrected chi connectivity index (χ4v) is 2.98. The molecule has 0 aliphatic rings. The summed E-state index contributed by atoms with van der Waals surface area (Å²) in [6.07, 6.45) is -1.44. The number of hydrogen-bond acceptors (Lipinski definition) is 15. The molecular weight excluding hydrogens is 692 g/mol. The molecule has 0 saturated carbocycles. The lowest BCUT2D eigenvalue weighted by molar-refractivity contribution is -0.154. The second kappa shape index (κ2) is 31.1. The maximum absolute atomic E-state index is 12.2. The van der Waals surface area contributed by atoms with E-state index < -0.39 is 47.2 Å². The second-order valence-corrected chi connectivity index (χ2v) is 11.8. The van der Waals surface area contributed by atoms with Gasteiger partial charge in [-0.05, 0) is 69.2 Å². The van der Waals surface area contributed by atoms with E-state index in [1.807, 2.05) is 0 Å². The Morgan fingerprint density at radius 3 is 1.19 bits per heavy atom. The number of carbonyl (C=O) groups excluding carboxylic acids is 7. The van der Waals surface area contributed by atoms with Crippen LogP contribution in [0.3, 0.4) is 0 Å². The Bertz CT molecular complexity index is 1050. The van der Waals surface area contributed by atoms with Crippen molar-refractivity contribution in [3.8, 4) is 0 Å². The first-order chi connectivity index (χ1) is 23.6. The van der Waals surface area contributed by atoms with Crippen molar-refractivity contribution in [2.75, 3.05) is 65.7 Å². The summed E-state index contributed by atoms with van der Waals surface area (Å²) in [6.45, 7) is 17.6. The molecule has 0 aliphatic heterocycles. The lowest BCUT2D eigenvalue weighted by Gasteiger charge is -2.22. The molecule has 52 heavy (non-hydrogen) atoms. The Hall–Kier alpha value is -4.68. The van der Waals surface area contributed by atoms with Gasteiger partial charge >= 0.3 is 42.0 Å². The van der Waals surface area contributed by atoms with Gasteiger partial charge in [0.25, 0.3) is 0 Å². The minimum atomic E-state index is -0.948. The Kier molecular flexibility index (Phi) is 32.3. The van der Waals surface area contributed by atoms with Crippen LogP contribution in [0.5, 0.6) is 0 Å². The molecule has 19 nitrogen and oxygen atoms in total. The van der Waals surface area contributed by atoms with Crippen LogP contribution >= 0.6 is 0 Å². The predicted octanol–water partition coefficient (Wildman–Crippen LogP) is 2.18. The molecule has 0 bridgehead atoms. The number of ether oxygens (including phenoxy) is 6. The SMILES string of the molecule is C.CC(C)(C)OC(=O)NCCC(=O)O.CCOC(=O)CN(CC(=O)OCC)C(=O)CCNC(=O)OC(C)(C)C.CCOC(=O)CNCC(=O)OCC. The van der Waals surface area contributed by atoms with Gasteiger partial charge in [0.2, 0.25) is 5.91 Å². The van der Waals surface area contributed by atoms with Crippen LogP contribution in [0, 0.1) is 0 Å².